The number of hydrogen-bond donors (Lipinski definition) is 1. The van der Waals surface area contributed by atoms with E-state index in [0.717, 1.165) is 18.6 Å². The molecule has 9 heteroatoms. The van der Waals surface area contributed by atoms with E-state index in [1.807, 2.05) is 11.8 Å². The van der Waals surface area contributed by atoms with Gasteiger partial charge in [-0.05, 0) is 30.5 Å². The van der Waals surface area contributed by atoms with Gasteiger partial charge in [-0.15, -0.1) is 0 Å². The van der Waals surface area contributed by atoms with Gasteiger partial charge < -0.3 is 19.7 Å². The van der Waals surface area contributed by atoms with Crippen LogP contribution in [0.3, 0.4) is 0 Å². The molecule has 2 atom stereocenters. The minimum atomic E-state index is -4.53. The second kappa shape index (κ2) is 7.75. The second-order valence-electron chi connectivity index (χ2n) is 6.80. The zero-order valence-electron chi connectivity index (χ0n) is 14.8. The van der Waals surface area contributed by atoms with E-state index in [9.17, 15) is 22.8 Å². The summed E-state index contributed by atoms with van der Waals surface area (Å²) in [6.45, 7) is 3.28. The highest BCUT2D eigenvalue weighted by Crippen LogP contribution is 2.38. The quantitative estimate of drug-likeness (QED) is 0.788. The Morgan fingerprint density at radius 1 is 1.30 bits per heavy atom. The Morgan fingerprint density at radius 2 is 1.96 bits per heavy atom. The van der Waals surface area contributed by atoms with Crippen LogP contribution in [0, 0.1) is 11.8 Å². The van der Waals surface area contributed by atoms with Gasteiger partial charge in [0.05, 0.1) is 36.1 Å². The van der Waals surface area contributed by atoms with Gasteiger partial charge in [-0.1, -0.05) is 6.92 Å². The van der Waals surface area contributed by atoms with Crippen molar-refractivity contribution in [2.24, 2.45) is 11.8 Å². The van der Waals surface area contributed by atoms with Crippen LogP contribution in [0.25, 0.3) is 0 Å². The molecule has 1 aliphatic carbocycles. The first-order chi connectivity index (χ1) is 12.8. The molecule has 1 aliphatic heterocycles. The monoisotopic (exact) mass is 386 g/mol. The first-order valence-electron chi connectivity index (χ1n) is 8.76. The molecule has 1 aromatic carbocycles. The summed E-state index contributed by atoms with van der Waals surface area (Å²) in [4.78, 5) is 25.7. The summed E-state index contributed by atoms with van der Waals surface area (Å²) in [5, 5.41) is 2.45. The molecule has 1 saturated carbocycles. The summed E-state index contributed by atoms with van der Waals surface area (Å²) >= 11 is 0. The van der Waals surface area contributed by atoms with Crippen LogP contribution >= 0.6 is 0 Å². The standard InChI is InChI=1S/C18H21F3N2O4/c1-11-8-13(11)17(25)27-10-16(24)22-14-9-12(18(19,20)21)2-3-15(14)23-4-6-26-7-5-23/h2-3,9,11,13H,4-8,10H2,1H3,(H,22,24)/t11-,13-/m1/s1. The van der Waals surface area contributed by atoms with Crippen LogP contribution in [0.5, 0.6) is 0 Å². The van der Waals surface area contributed by atoms with Crippen molar-refractivity contribution >= 4 is 23.3 Å². The zero-order chi connectivity index (χ0) is 19.6. The minimum Gasteiger partial charge on any atom is -0.455 e. The summed E-state index contributed by atoms with van der Waals surface area (Å²) in [6, 6.07) is 3.21. The lowest BCUT2D eigenvalue weighted by Gasteiger charge is -2.31. The molecule has 1 saturated heterocycles. The molecule has 6 nitrogen and oxygen atoms in total. The van der Waals surface area contributed by atoms with E-state index in [2.05, 4.69) is 5.32 Å². The van der Waals surface area contributed by atoms with Gasteiger partial charge in [0, 0.05) is 13.1 Å². The largest absolute Gasteiger partial charge is 0.455 e. The normalized spacial score (nSPS) is 22.3. The van der Waals surface area contributed by atoms with Gasteiger partial charge in [0.1, 0.15) is 0 Å². The van der Waals surface area contributed by atoms with Crippen molar-refractivity contribution in [3.05, 3.63) is 23.8 Å². The van der Waals surface area contributed by atoms with Crippen molar-refractivity contribution in [3.63, 3.8) is 0 Å². The molecule has 0 spiro atoms. The molecule has 1 heterocycles. The lowest BCUT2D eigenvalue weighted by atomic mass is 10.1. The third-order valence-electron chi connectivity index (χ3n) is 4.71. The number of rotatable bonds is 5. The lowest BCUT2D eigenvalue weighted by Crippen LogP contribution is -2.37. The number of morpholine rings is 1. The predicted molar refractivity (Wildman–Crippen MR) is 91.3 cm³/mol. The number of amides is 1. The number of ether oxygens (including phenoxy) is 2. The van der Waals surface area contributed by atoms with Crippen LogP contribution in [0.1, 0.15) is 18.9 Å². The van der Waals surface area contributed by atoms with Gasteiger partial charge in [-0.3, -0.25) is 9.59 Å². The number of nitrogens with zero attached hydrogens (tertiary/aromatic N) is 1. The summed E-state index contributed by atoms with van der Waals surface area (Å²) in [6.07, 6.45) is -3.80. The number of esters is 1. The highest BCUT2D eigenvalue weighted by atomic mass is 19.4. The summed E-state index contributed by atoms with van der Waals surface area (Å²) in [5.41, 5.74) is -0.354. The molecule has 1 amide bonds. The molecular weight excluding hydrogens is 365 g/mol. The predicted octanol–water partition coefficient (Wildman–Crippen LogP) is 2.68. The number of carbonyl (C=O) groups excluding carboxylic acids is 2. The second-order valence-corrected chi connectivity index (χ2v) is 6.80. The average molecular weight is 386 g/mol. The summed E-state index contributed by atoms with van der Waals surface area (Å²) < 4.78 is 49.4. The number of benzene rings is 1. The number of carbonyl (C=O) groups is 2. The van der Waals surface area contributed by atoms with Crippen molar-refractivity contribution in [1.82, 2.24) is 0 Å². The SMILES string of the molecule is C[C@@H]1C[C@H]1C(=O)OCC(=O)Nc1cc(C(F)(F)F)ccc1N1CCOCC1. The molecule has 1 N–H and O–H groups in total. The van der Waals surface area contributed by atoms with Gasteiger partial charge in [0.2, 0.25) is 0 Å². The molecule has 3 rings (SSSR count). The number of anilines is 2. The van der Waals surface area contributed by atoms with E-state index in [1.165, 1.54) is 6.07 Å². The zero-order valence-corrected chi connectivity index (χ0v) is 14.8. The van der Waals surface area contributed by atoms with Crippen LogP contribution in [0.2, 0.25) is 0 Å². The van der Waals surface area contributed by atoms with Gasteiger partial charge in [0.15, 0.2) is 6.61 Å². The average Bonchev–Trinajstić information content (AvgIpc) is 3.36. The van der Waals surface area contributed by atoms with E-state index < -0.39 is 30.2 Å². The molecule has 2 fully saturated rings. The number of nitrogens with one attached hydrogen (secondary N) is 1. The third kappa shape index (κ3) is 4.91. The van der Waals surface area contributed by atoms with Crippen molar-refractivity contribution in [2.45, 2.75) is 19.5 Å². The van der Waals surface area contributed by atoms with Gasteiger partial charge in [-0.2, -0.15) is 13.2 Å². The maximum atomic E-state index is 13.0. The highest BCUT2D eigenvalue weighted by molar-refractivity contribution is 5.96. The van der Waals surface area contributed by atoms with E-state index in [-0.39, 0.29) is 17.5 Å². The Kier molecular flexibility index (Phi) is 5.59. The Bertz CT molecular complexity index is 717. The molecule has 0 radical (unpaired) electrons. The summed E-state index contributed by atoms with van der Waals surface area (Å²) in [5.74, 6) is -1.06. The van der Waals surface area contributed by atoms with Crippen molar-refractivity contribution in [2.75, 3.05) is 43.1 Å². The van der Waals surface area contributed by atoms with Crippen LogP contribution in [0.15, 0.2) is 18.2 Å². The van der Waals surface area contributed by atoms with Crippen molar-refractivity contribution < 1.29 is 32.2 Å². The molecule has 0 aromatic heterocycles. The fourth-order valence-electron chi connectivity index (χ4n) is 2.97. The van der Waals surface area contributed by atoms with Gasteiger partial charge in [0.25, 0.3) is 5.91 Å². The summed E-state index contributed by atoms with van der Waals surface area (Å²) in [7, 11) is 0. The molecule has 2 aliphatic rings. The molecule has 0 bridgehead atoms. The topological polar surface area (TPSA) is 67.9 Å². The number of hydrogen-bond acceptors (Lipinski definition) is 5. The maximum Gasteiger partial charge on any atom is 0.416 e. The molecule has 148 valence electrons. The Labute approximate surface area is 154 Å². The number of halogens is 3. The molecule has 0 unspecified atom stereocenters. The van der Waals surface area contributed by atoms with Gasteiger partial charge >= 0.3 is 12.1 Å². The van der Waals surface area contributed by atoms with E-state index in [1.54, 1.807) is 0 Å². The van der Waals surface area contributed by atoms with Crippen molar-refractivity contribution in [1.29, 1.82) is 0 Å². The molecular formula is C18H21F3N2O4. The fourth-order valence-corrected chi connectivity index (χ4v) is 2.97. The number of alkyl halides is 3. The Morgan fingerprint density at radius 3 is 2.56 bits per heavy atom. The lowest BCUT2D eigenvalue weighted by molar-refractivity contribution is -0.148. The van der Waals surface area contributed by atoms with Crippen LogP contribution in [0.4, 0.5) is 24.5 Å². The Balaban J connectivity index is 1.72. The van der Waals surface area contributed by atoms with E-state index in [0.29, 0.717) is 32.0 Å². The van der Waals surface area contributed by atoms with Crippen molar-refractivity contribution in [3.8, 4) is 0 Å². The fraction of sp³-hybridized carbons (Fsp3) is 0.556. The Hall–Kier alpha value is -2.29. The third-order valence-corrected chi connectivity index (χ3v) is 4.71. The first-order valence-corrected chi connectivity index (χ1v) is 8.76. The van der Waals surface area contributed by atoms with Gasteiger partial charge in [-0.25, -0.2) is 0 Å². The van der Waals surface area contributed by atoms with Crippen LogP contribution in [-0.2, 0) is 25.2 Å². The van der Waals surface area contributed by atoms with E-state index in [4.69, 9.17) is 9.47 Å². The smallest absolute Gasteiger partial charge is 0.416 e. The highest BCUT2D eigenvalue weighted by Gasteiger charge is 2.40. The molecule has 27 heavy (non-hydrogen) atoms. The molecule has 1 aromatic rings. The first kappa shape index (κ1) is 19.5. The van der Waals surface area contributed by atoms with E-state index >= 15 is 0 Å². The minimum absolute atomic E-state index is 0.0348. The maximum absolute atomic E-state index is 13.0. The van der Waals surface area contributed by atoms with Crippen LogP contribution in [-0.4, -0.2) is 44.8 Å². The van der Waals surface area contributed by atoms with Crippen LogP contribution < -0.4 is 10.2 Å².